The third-order valence-electron chi connectivity index (χ3n) is 2.57. The molecule has 1 heterocycles. The largest absolute Gasteiger partial charge is 0.389 e. The first-order valence-corrected chi connectivity index (χ1v) is 4.87. The van der Waals surface area contributed by atoms with Crippen LogP contribution in [-0.4, -0.2) is 9.67 Å². The summed E-state index contributed by atoms with van der Waals surface area (Å²) in [6.45, 7) is 1.70. The fraction of sp³-hybridized carbons (Fsp3) is 0.250. The SMILES string of the molecule is CC(O)c1cn(C)c(=O)c2ccccc12. The molecule has 0 aliphatic carbocycles. The lowest BCUT2D eigenvalue weighted by Crippen LogP contribution is -2.17. The van der Waals surface area contributed by atoms with Crippen molar-refractivity contribution in [1.29, 1.82) is 0 Å². The number of benzene rings is 1. The molecule has 1 aromatic carbocycles. The lowest BCUT2D eigenvalue weighted by atomic mass is 10.0. The van der Waals surface area contributed by atoms with Crippen molar-refractivity contribution in [2.24, 2.45) is 7.05 Å². The van der Waals surface area contributed by atoms with Crippen molar-refractivity contribution >= 4 is 10.8 Å². The molecule has 0 saturated heterocycles. The summed E-state index contributed by atoms with van der Waals surface area (Å²) in [7, 11) is 1.70. The Hall–Kier alpha value is -1.61. The van der Waals surface area contributed by atoms with Gasteiger partial charge in [-0.1, -0.05) is 18.2 Å². The molecular formula is C12H13NO2. The molecule has 0 aliphatic heterocycles. The van der Waals surface area contributed by atoms with Crippen LogP contribution in [0, 0.1) is 0 Å². The Morgan fingerprint density at radius 1 is 1.27 bits per heavy atom. The molecule has 0 radical (unpaired) electrons. The van der Waals surface area contributed by atoms with E-state index in [-0.39, 0.29) is 5.56 Å². The Morgan fingerprint density at radius 2 is 1.87 bits per heavy atom. The van der Waals surface area contributed by atoms with E-state index >= 15 is 0 Å². The zero-order valence-electron chi connectivity index (χ0n) is 8.77. The monoisotopic (exact) mass is 203 g/mol. The Balaban J connectivity index is 2.95. The number of rotatable bonds is 1. The van der Waals surface area contributed by atoms with Gasteiger partial charge < -0.3 is 9.67 Å². The van der Waals surface area contributed by atoms with Gasteiger partial charge in [0.1, 0.15) is 0 Å². The predicted octanol–water partition coefficient (Wildman–Crippen LogP) is 1.59. The second kappa shape index (κ2) is 3.51. The standard InChI is InChI=1S/C12H13NO2/c1-8(14)11-7-13(2)12(15)10-6-4-3-5-9(10)11/h3-8,14H,1-2H3. The minimum Gasteiger partial charge on any atom is -0.389 e. The van der Waals surface area contributed by atoms with E-state index in [1.165, 1.54) is 4.57 Å². The maximum Gasteiger partial charge on any atom is 0.258 e. The topological polar surface area (TPSA) is 42.2 Å². The third kappa shape index (κ3) is 1.55. The molecule has 1 N–H and O–H groups in total. The van der Waals surface area contributed by atoms with Crippen molar-refractivity contribution in [1.82, 2.24) is 4.57 Å². The Morgan fingerprint density at radius 3 is 2.47 bits per heavy atom. The zero-order chi connectivity index (χ0) is 11.0. The number of aryl methyl sites for hydroxylation is 1. The molecule has 0 aliphatic rings. The summed E-state index contributed by atoms with van der Waals surface area (Å²) >= 11 is 0. The minimum absolute atomic E-state index is 0.0324. The van der Waals surface area contributed by atoms with E-state index in [9.17, 15) is 9.90 Å². The van der Waals surface area contributed by atoms with Crippen molar-refractivity contribution in [3.05, 3.63) is 46.4 Å². The number of aliphatic hydroxyl groups excluding tert-OH is 1. The van der Waals surface area contributed by atoms with Crippen LogP contribution in [0.2, 0.25) is 0 Å². The lowest BCUT2D eigenvalue weighted by Gasteiger charge is -2.10. The summed E-state index contributed by atoms with van der Waals surface area (Å²) < 4.78 is 1.50. The van der Waals surface area contributed by atoms with Gasteiger partial charge in [0.15, 0.2) is 0 Å². The van der Waals surface area contributed by atoms with Gasteiger partial charge in [-0.3, -0.25) is 4.79 Å². The number of aliphatic hydroxyl groups is 1. The van der Waals surface area contributed by atoms with Crippen LogP contribution in [0.15, 0.2) is 35.3 Å². The number of hydrogen-bond donors (Lipinski definition) is 1. The average Bonchev–Trinajstić information content (AvgIpc) is 2.23. The maximum absolute atomic E-state index is 11.8. The lowest BCUT2D eigenvalue weighted by molar-refractivity contribution is 0.200. The summed E-state index contributed by atoms with van der Waals surface area (Å²) in [6.07, 6.45) is 1.12. The second-order valence-corrected chi connectivity index (χ2v) is 3.72. The normalized spacial score (nSPS) is 13.0. The molecule has 1 atom stereocenters. The van der Waals surface area contributed by atoms with Crippen molar-refractivity contribution < 1.29 is 5.11 Å². The van der Waals surface area contributed by atoms with Crippen molar-refractivity contribution in [3.63, 3.8) is 0 Å². The van der Waals surface area contributed by atoms with Crippen LogP contribution in [0.3, 0.4) is 0 Å². The van der Waals surface area contributed by atoms with E-state index in [1.54, 1.807) is 26.2 Å². The molecule has 0 fully saturated rings. The highest BCUT2D eigenvalue weighted by molar-refractivity contribution is 5.84. The van der Waals surface area contributed by atoms with E-state index in [0.717, 1.165) is 10.9 Å². The molecular weight excluding hydrogens is 190 g/mol. The van der Waals surface area contributed by atoms with Crippen LogP contribution in [0.1, 0.15) is 18.6 Å². The average molecular weight is 203 g/mol. The van der Waals surface area contributed by atoms with Gasteiger partial charge in [0.2, 0.25) is 0 Å². The fourth-order valence-corrected chi connectivity index (χ4v) is 1.78. The van der Waals surface area contributed by atoms with Crippen LogP contribution in [0.5, 0.6) is 0 Å². The van der Waals surface area contributed by atoms with Crippen LogP contribution < -0.4 is 5.56 Å². The van der Waals surface area contributed by atoms with E-state index in [2.05, 4.69) is 0 Å². The van der Waals surface area contributed by atoms with Gasteiger partial charge in [-0.25, -0.2) is 0 Å². The van der Waals surface area contributed by atoms with E-state index in [1.807, 2.05) is 18.2 Å². The van der Waals surface area contributed by atoms with Gasteiger partial charge in [-0.2, -0.15) is 0 Å². The third-order valence-corrected chi connectivity index (χ3v) is 2.57. The highest BCUT2D eigenvalue weighted by Gasteiger charge is 2.09. The predicted molar refractivity (Wildman–Crippen MR) is 59.8 cm³/mol. The molecule has 3 heteroatoms. The van der Waals surface area contributed by atoms with Crippen molar-refractivity contribution in [3.8, 4) is 0 Å². The summed E-state index contributed by atoms with van der Waals surface area (Å²) in [4.78, 5) is 11.8. The van der Waals surface area contributed by atoms with Gasteiger partial charge >= 0.3 is 0 Å². The van der Waals surface area contributed by atoms with Crippen LogP contribution in [-0.2, 0) is 7.05 Å². The number of aromatic nitrogens is 1. The molecule has 0 bridgehead atoms. The highest BCUT2D eigenvalue weighted by atomic mass is 16.3. The number of nitrogens with zero attached hydrogens (tertiary/aromatic N) is 1. The number of hydrogen-bond acceptors (Lipinski definition) is 2. The van der Waals surface area contributed by atoms with Gasteiger partial charge in [0.25, 0.3) is 5.56 Å². The number of fused-ring (bicyclic) bond motifs is 1. The van der Waals surface area contributed by atoms with Crippen LogP contribution >= 0.6 is 0 Å². The quantitative estimate of drug-likeness (QED) is 0.764. The molecule has 0 spiro atoms. The first-order valence-electron chi connectivity index (χ1n) is 4.87. The minimum atomic E-state index is -0.568. The van der Waals surface area contributed by atoms with E-state index in [4.69, 9.17) is 0 Å². The Labute approximate surface area is 87.6 Å². The summed E-state index contributed by atoms with van der Waals surface area (Å²) in [5.41, 5.74) is 0.753. The molecule has 78 valence electrons. The highest BCUT2D eigenvalue weighted by Crippen LogP contribution is 2.20. The van der Waals surface area contributed by atoms with E-state index < -0.39 is 6.10 Å². The molecule has 3 nitrogen and oxygen atoms in total. The van der Waals surface area contributed by atoms with Crippen molar-refractivity contribution in [2.45, 2.75) is 13.0 Å². The van der Waals surface area contributed by atoms with Gasteiger partial charge in [0.05, 0.1) is 6.10 Å². The fourth-order valence-electron chi connectivity index (χ4n) is 1.78. The summed E-state index contributed by atoms with van der Waals surface area (Å²) in [5, 5.41) is 11.1. The van der Waals surface area contributed by atoms with Gasteiger partial charge in [-0.05, 0) is 18.4 Å². The first-order chi connectivity index (χ1) is 7.11. The molecule has 1 aromatic heterocycles. The molecule has 15 heavy (non-hydrogen) atoms. The van der Waals surface area contributed by atoms with E-state index in [0.29, 0.717) is 5.39 Å². The zero-order valence-corrected chi connectivity index (χ0v) is 8.77. The van der Waals surface area contributed by atoms with Crippen LogP contribution in [0.25, 0.3) is 10.8 Å². The van der Waals surface area contributed by atoms with Gasteiger partial charge in [-0.15, -0.1) is 0 Å². The second-order valence-electron chi connectivity index (χ2n) is 3.72. The van der Waals surface area contributed by atoms with Gasteiger partial charge in [0, 0.05) is 24.2 Å². The molecule has 1 unspecified atom stereocenters. The maximum atomic E-state index is 11.8. The van der Waals surface area contributed by atoms with Crippen molar-refractivity contribution in [2.75, 3.05) is 0 Å². The summed E-state index contributed by atoms with van der Waals surface area (Å²) in [5.74, 6) is 0. The smallest absolute Gasteiger partial charge is 0.258 e. The Kier molecular flexibility index (Phi) is 2.32. The molecule has 2 rings (SSSR count). The molecule has 2 aromatic rings. The first kappa shape index (κ1) is 9.93. The Bertz CT molecular complexity index is 555. The number of pyridine rings is 1. The molecule has 0 amide bonds. The summed E-state index contributed by atoms with van der Waals surface area (Å²) in [6, 6.07) is 7.34. The molecule has 0 saturated carbocycles. The van der Waals surface area contributed by atoms with Crippen LogP contribution in [0.4, 0.5) is 0 Å².